The van der Waals surface area contributed by atoms with Gasteiger partial charge in [-0.15, -0.1) is 0 Å². The standard InChI is InChI=1S/C18H23NO2/c1-14(2)17-11-18(21)19(13-17)12-16-9-4-3-7-15(16)8-5-6-10-20/h3-4,7,9,14,17,20H,6,10-13H2,1-2H3. The lowest BCUT2D eigenvalue weighted by atomic mass is 9.95. The van der Waals surface area contributed by atoms with Gasteiger partial charge in [0.05, 0.1) is 6.61 Å². The lowest BCUT2D eigenvalue weighted by molar-refractivity contribution is -0.128. The molecule has 0 spiro atoms. The zero-order valence-electron chi connectivity index (χ0n) is 12.8. The van der Waals surface area contributed by atoms with Crippen LogP contribution in [0.1, 0.15) is 37.8 Å². The third kappa shape index (κ3) is 4.09. The van der Waals surface area contributed by atoms with Crippen LogP contribution in [0.3, 0.4) is 0 Å². The van der Waals surface area contributed by atoms with Crippen LogP contribution in [0.5, 0.6) is 0 Å². The summed E-state index contributed by atoms with van der Waals surface area (Å²) in [7, 11) is 0. The van der Waals surface area contributed by atoms with E-state index in [1.807, 2.05) is 29.2 Å². The van der Waals surface area contributed by atoms with E-state index in [-0.39, 0.29) is 12.5 Å². The highest BCUT2D eigenvalue weighted by Gasteiger charge is 2.31. The minimum atomic E-state index is 0.0792. The summed E-state index contributed by atoms with van der Waals surface area (Å²) in [4.78, 5) is 14.1. The zero-order valence-corrected chi connectivity index (χ0v) is 12.8. The van der Waals surface area contributed by atoms with Gasteiger partial charge >= 0.3 is 0 Å². The fourth-order valence-electron chi connectivity index (χ4n) is 2.60. The van der Waals surface area contributed by atoms with E-state index in [0.29, 0.717) is 31.2 Å². The number of carbonyl (C=O) groups excluding carboxylic acids is 1. The molecule has 2 rings (SSSR count). The Morgan fingerprint density at radius 1 is 1.38 bits per heavy atom. The van der Waals surface area contributed by atoms with E-state index in [1.165, 1.54) is 0 Å². The summed E-state index contributed by atoms with van der Waals surface area (Å²) in [5, 5.41) is 8.80. The molecular formula is C18H23NO2. The normalized spacial score (nSPS) is 18.0. The Morgan fingerprint density at radius 2 is 2.14 bits per heavy atom. The first-order chi connectivity index (χ1) is 10.1. The first-order valence-electron chi connectivity index (χ1n) is 7.57. The Kier molecular flexibility index (Phi) is 5.41. The molecule has 3 nitrogen and oxygen atoms in total. The summed E-state index contributed by atoms with van der Waals surface area (Å²) in [5.41, 5.74) is 2.03. The number of benzene rings is 1. The van der Waals surface area contributed by atoms with Crippen LogP contribution in [0, 0.1) is 23.7 Å². The van der Waals surface area contributed by atoms with Gasteiger partial charge in [0, 0.05) is 31.5 Å². The number of hydrogen-bond acceptors (Lipinski definition) is 2. The van der Waals surface area contributed by atoms with Crippen LogP contribution in [-0.4, -0.2) is 29.1 Å². The highest BCUT2D eigenvalue weighted by molar-refractivity contribution is 5.78. The Labute approximate surface area is 127 Å². The van der Waals surface area contributed by atoms with Crippen molar-refractivity contribution in [1.29, 1.82) is 0 Å². The first-order valence-corrected chi connectivity index (χ1v) is 7.57. The summed E-state index contributed by atoms with van der Waals surface area (Å²) in [6.07, 6.45) is 1.14. The van der Waals surface area contributed by atoms with E-state index in [4.69, 9.17) is 5.11 Å². The lowest BCUT2D eigenvalue weighted by Crippen LogP contribution is -2.25. The van der Waals surface area contributed by atoms with Crippen molar-refractivity contribution in [2.45, 2.75) is 33.2 Å². The number of nitrogens with zero attached hydrogens (tertiary/aromatic N) is 1. The second-order valence-electron chi connectivity index (χ2n) is 5.92. The van der Waals surface area contributed by atoms with Crippen LogP contribution in [0.4, 0.5) is 0 Å². The maximum atomic E-state index is 12.1. The molecule has 1 fully saturated rings. The number of carbonyl (C=O) groups is 1. The number of rotatable bonds is 4. The molecule has 1 aromatic carbocycles. The van der Waals surface area contributed by atoms with Crippen LogP contribution >= 0.6 is 0 Å². The van der Waals surface area contributed by atoms with Gasteiger partial charge in [0.2, 0.25) is 5.91 Å². The molecule has 1 aromatic rings. The molecule has 1 aliphatic rings. The predicted octanol–water partition coefficient (Wildman–Crippen LogP) is 2.43. The molecule has 1 N–H and O–H groups in total. The Balaban J connectivity index is 2.10. The minimum Gasteiger partial charge on any atom is -0.395 e. The Bertz CT molecular complexity index is 554. The molecule has 21 heavy (non-hydrogen) atoms. The highest BCUT2D eigenvalue weighted by Crippen LogP contribution is 2.26. The Hall–Kier alpha value is -1.79. The SMILES string of the molecule is CC(C)C1CC(=O)N(Cc2ccccc2C#CCCO)C1. The Morgan fingerprint density at radius 3 is 2.81 bits per heavy atom. The summed E-state index contributed by atoms with van der Waals surface area (Å²) >= 11 is 0. The van der Waals surface area contributed by atoms with Crippen molar-refractivity contribution in [3.05, 3.63) is 35.4 Å². The molecule has 1 heterocycles. The molecule has 1 amide bonds. The molecule has 0 radical (unpaired) electrons. The maximum Gasteiger partial charge on any atom is 0.223 e. The molecule has 3 heteroatoms. The van der Waals surface area contributed by atoms with E-state index < -0.39 is 0 Å². The monoisotopic (exact) mass is 285 g/mol. The summed E-state index contributed by atoms with van der Waals surface area (Å²) in [6, 6.07) is 7.93. The fourth-order valence-corrected chi connectivity index (χ4v) is 2.60. The van der Waals surface area contributed by atoms with Gasteiger partial charge in [-0.3, -0.25) is 4.79 Å². The van der Waals surface area contributed by atoms with Crippen molar-refractivity contribution in [2.24, 2.45) is 11.8 Å². The largest absolute Gasteiger partial charge is 0.395 e. The molecule has 1 aliphatic heterocycles. The number of hydrogen-bond donors (Lipinski definition) is 1. The molecule has 0 aromatic heterocycles. The van der Waals surface area contributed by atoms with Crippen molar-refractivity contribution in [3.8, 4) is 11.8 Å². The molecule has 0 aliphatic carbocycles. The molecule has 1 atom stereocenters. The molecule has 0 bridgehead atoms. The number of aliphatic hydroxyl groups is 1. The van der Waals surface area contributed by atoms with Gasteiger partial charge < -0.3 is 10.0 Å². The third-order valence-corrected chi connectivity index (χ3v) is 4.03. The van der Waals surface area contributed by atoms with Gasteiger partial charge in [-0.25, -0.2) is 0 Å². The van der Waals surface area contributed by atoms with Crippen molar-refractivity contribution < 1.29 is 9.90 Å². The maximum absolute atomic E-state index is 12.1. The smallest absolute Gasteiger partial charge is 0.223 e. The molecule has 1 saturated heterocycles. The van der Waals surface area contributed by atoms with Crippen molar-refractivity contribution >= 4 is 5.91 Å². The molecule has 1 unspecified atom stereocenters. The quantitative estimate of drug-likeness (QED) is 0.863. The predicted molar refractivity (Wildman–Crippen MR) is 83.4 cm³/mol. The van der Waals surface area contributed by atoms with Gasteiger partial charge in [-0.1, -0.05) is 43.9 Å². The minimum absolute atomic E-state index is 0.0792. The first kappa shape index (κ1) is 15.6. The van der Waals surface area contributed by atoms with Crippen LogP contribution in [-0.2, 0) is 11.3 Å². The fraction of sp³-hybridized carbons (Fsp3) is 0.500. The summed E-state index contributed by atoms with van der Waals surface area (Å²) in [6.45, 7) is 5.91. The second-order valence-corrected chi connectivity index (χ2v) is 5.92. The van der Waals surface area contributed by atoms with E-state index in [9.17, 15) is 4.79 Å². The molecular weight excluding hydrogens is 262 g/mol. The van der Waals surface area contributed by atoms with Gasteiger partial charge in [0.1, 0.15) is 0 Å². The van der Waals surface area contributed by atoms with E-state index in [1.54, 1.807) is 0 Å². The van der Waals surface area contributed by atoms with E-state index in [2.05, 4.69) is 25.7 Å². The van der Waals surface area contributed by atoms with E-state index >= 15 is 0 Å². The third-order valence-electron chi connectivity index (χ3n) is 4.03. The van der Waals surface area contributed by atoms with Gasteiger partial charge in [0.25, 0.3) is 0 Å². The van der Waals surface area contributed by atoms with E-state index in [0.717, 1.165) is 17.7 Å². The van der Waals surface area contributed by atoms with Crippen molar-refractivity contribution in [3.63, 3.8) is 0 Å². The van der Waals surface area contributed by atoms with Gasteiger partial charge in [-0.2, -0.15) is 0 Å². The van der Waals surface area contributed by atoms with Gasteiger partial charge in [-0.05, 0) is 23.5 Å². The lowest BCUT2D eigenvalue weighted by Gasteiger charge is -2.19. The van der Waals surface area contributed by atoms with Crippen LogP contribution in [0.15, 0.2) is 24.3 Å². The molecule has 112 valence electrons. The zero-order chi connectivity index (χ0) is 15.2. The topological polar surface area (TPSA) is 40.5 Å². The van der Waals surface area contributed by atoms with Crippen LogP contribution in [0.2, 0.25) is 0 Å². The number of likely N-dealkylation sites (tertiary alicyclic amines) is 1. The van der Waals surface area contributed by atoms with Crippen molar-refractivity contribution in [1.82, 2.24) is 4.90 Å². The van der Waals surface area contributed by atoms with Gasteiger partial charge in [0.15, 0.2) is 0 Å². The number of amides is 1. The van der Waals surface area contributed by atoms with Crippen LogP contribution < -0.4 is 0 Å². The average Bonchev–Trinajstić information content (AvgIpc) is 2.83. The highest BCUT2D eigenvalue weighted by atomic mass is 16.2. The summed E-state index contributed by atoms with van der Waals surface area (Å²) in [5.74, 6) is 7.29. The molecule has 0 saturated carbocycles. The summed E-state index contributed by atoms with van der Waals surface area (Å²) < 4.78 is 0. The van der Waals surface area contributed by atoms with Crippen LogP contribution in [0.25, 0.3) is 0 Å². The number of aliphatic hydroxyl groups excluding tert-OH is 1. The second kappa shape index (κ2) is 7.28. The average molecular weight is 285 g/mol. The van der Waals surface area contributed by atoms with Crippen molar-refractivity contribution in [2.75, 3.05) is 13.2 Å².